The van der Waals surface area contributed by atoms with Gasteiger partial charge in [-0.05, 0) is 42.2 Å². The molecule has 1 aromatic carbocycles. The van der Waals surface area contributed by atoms with Crippen LogP contribution >= 0.6 is 0 Å². The van der Waals surface area contributed by atoms with E-state index < -0.39 is 0 Å². The van der Waals surface area contributed by atoms with E-state index in [9.17, 15) is 0 Å². The molecule has 0 saturated heterocycles. The number of rotatable bonds is 3. The fraction of sp³-hybridized carbons (Fsp3) is 0.263. The topological polar surface area (TPSA) is 16.4 Å². The normalized spacial score (nSPS) is 17.8. The van der Waals surface area contributed by atoms with Crippen LogP contribution in [0, 0.1) is 0 Å². The summed E-state index contributed by atoms with van der Waals surface area (Å²) in [5.41, 5.74) is 5.70. The first kappa shape index (κ1) is 12.7. The largest absolute Gasteiger partial charge is 0.321 e. The zero-order valence-electron chi connectivity index (χ0n) is 12.1. The van der Waals surface area contributed by atoms with Crippen molar-refractivity contribution in [3.63, 3.8) is 0 Å². The molecule has 4 rings (SSSR count). The third-order valence-corrected chi connectivity index (χ3v) is 4.51. The predicted molar refractivity (Wildman–Crippen MR) is 86.5 cm³/mol. The SMILES string of the molecule is c1ccc(CNC2CCc3cc4ccccn4c3C2)cc1. The van der Waals surface area contributed by atoms with E-state index in [4.69, 9.17) is 0 Å². The Morgan fingerprint density at radius 3 is 2.81 bits per heavy atom. The lowest BCUT2D eigenvalue weighted by molar-refractivity contribution is 0.452. The number of aromatic nitrogens is 1. The molecule has 0 fully saturated rings. The van der Waals surface area contributed by atoms with Crippen LogP contribution in [0.15, 0.2) is 60.8 Å². The number of benzene rings is 1. The summed E-state index contributed by atoms with van der Waals surface area (Å²) in [6.45, 7) is 0.962. The van der Waals surface area contributed by atoms with Crippen LogP contribution in [0.2, 0.25) is 0 Å². The first-order chi connectivity index (χ1) is 10.4. The van der Waals surface area contributed by atoms with Crippen molar-refractivity contribution in [2.24, 2.45) is 0 Å². The molecule has 0 spiro atoms. The number of nitrogens with zero attached hydrogens (tertiary/aromatic N) is 1. The molecule has 2 nitrogen and oxygen atoms in total. The summed E-state index contributed by atoms with van der Waals surface area (Å²) >= 11 is 0. The van der Waals surface area contributed by atoms with Gasteiger partial charge < -0.3 is 9.72 Å². The van der Waals surface area contributed by atoms with Gasteiger partial charge in [-0.25, -0.2) is 0 Å². The van der Waals surface area contributed by atoms with E-state index in [-0.39, 0.29) is 0 Å². The van der Waals surface area contributed by atoms with Crippen molar-refractivity contribution < 1.29 is 0 Å². The summed E-state index contributed by atoms with van der Waals surface area (Å²) in [4.78, 5) is 0. The Morgan fingerprint density at radius 2 is 1.90 bits per heavy atom. The molecule has 0 aliphatic heterocycles. The smallest absolute Gasteiger partial charge is 0.0455 e. The molecule has 2 heterocycles. The molecule has 1 aliphatic carbocycles. The number of nitrogens with one attached hydrogen (secondary N) is 1. The van der Waals surface area contributed by atoms with Gasteiger partial charge in [-0.2, -0.15) is 0 Å². The molecule has 1 unspecified atom stereocenters. The van der Waals surface area contributed by atoms with Crippen LogP contribution in [0.25, 0.3) is 5.52 Å². The summed E-state index contributed by atoms with van der Waals surface area (Å²) in [7, 11) is 0. The fourth-order valence-electron chi connectivity index (χ4n) is 3.38. The highest BCUT2D eigenvalue weighted by atomic mass is 14.9. The molecule has 21 heavy (non-hydrogen) atoms. The van der Waals surface area contributed by atoms with Gasteiger partial charge >= 0.3 is 0 Å². The van der Waals surface area contributed by atoms with Gasteiger partial charge in [0.05, 0.1) is 0 Å². The summed E-state index contributed by atoms with van der Waals surface area (Å²) < 4.78 is 2.35. The Morgan fingerprint density at radius 1 is 1.05 bits per heavy atom. The van der Waals surface area contributed by atoms with Gasteiger partial charge in [-0.15, -0.1) is 0 Å². The fourth-order valence-corrected chi connectivity index (χ4v) is 3.38. The van der Waals surface area contributed by atoms with E-state index in [2.05, 4.69) is 70.5 Å². The van der Waals surface area contributed by atoms with E-state index in [0.29, 0.717) is 6.04 Å². The van der Waals surface area contributed by atoms with E-state index in [1.807, 2.05) is 0 Å². The molecule has 2 heteroatoms. The second-order valence-corrected chi connectivity index (χ2v) is 5.92. The predicted octanol–water partition coefficient (Wildman–Crippen LogP) is 3.59. The van der Waals surface area contributed by atoms with Crippen molar-refractivity contribution in [3.05, 3.63) is 77.6 Å². The second kappa shape index (κ2) is 5.38. The van der Waals surface area contributed by atoms with Crippen LogP contribution in [0.3, 0.4) is 0 Å². The number of hydrogen-bond acceptors (Lipinski definition) is 1. The number of pyridine rings is 1. The molecule has 1 N–H and O–H groups in total. The zero-order valence-corrected chi connectivity index (χ0v) is 12.1. The minimum atomic E-state index is 0.580. The minimum absolute atomic E-state index is 0.580. The summed E-state index contributed by atoms with van der Waals surface area (Å²) in [6.07, 6.45) is 5.73. The van der Waals surface area contributed by atoms with Crippen molar-refractivity contribution >= 4 is 5.52 Å². The molecule has 2 aromatic heterocycles. The van der Waals surface area contributed by atoms with Gasteiger partial charge in [-0.3, -0.25) is 0 Å². The lowest BCUT2D eigenvalue weighted by atomic mass is 9.93. The third kappa shape index (κ3) is 2.47. The molecule has 1 aliphatic rings. The molecule has 0 saturated carbocycles. The molecule has 1 atom stereocenters. The molecule has 3 aromatic rings. The van der Waals surface area contributed by atoms with E-state index in [1.54, 1.807) is 0 Å². The maximum Gasteiger partial charge on any atom is 0.0455 e. The van der Waals surface area contributed by atoms with E-state index >= 15 is 0 Å². The first-order valence-corrected chi connectivity index (χ1v) is 7.75. The summed E-state index contributed by atoms with van der Waals surface area (Å²) in [6, 6.07) is 20.0. The van der Waals surface area contributed by atoms with Gasteiger partial charge in [0.1, 0.15) is 0 Å². The van der Waals surface area contributed by atoms with Crippen molar-refractivity contribution in [2.45, 2.75) is 31.8 Å². The van der Waals surface area contributed by atoms with Gasteiger partial charge in [0, 0.05) is 36.4 Å². The van der Waals surface area contributed by atoms with Crippen LogP contribution in [0.1, 0.15) is 23.2 Å². The first-order valence-electron chi connectivity index (χ1n) is 7.75. The summed E-state index contributed by atoms with van der Waals surface area (Å²) in [5.74, 6) is 0. The van der Waals surface area contributed by atoms with Gasteiger partial charge in [-0.1, -0.05) is 36.4 Å². The zero-order chi connectivity index (χ0) is 14.1. The van der Waals surface area contributed by atoms with E-state index in [0.717, 1.165) is 13.0 Å². The average molecular weight is 276 g/mol. The Kier molecular flexibility index (Phi) is 3.24. The van der Waals surface area contributed by atoms with Crippen LogP contribution < -0.4 is 5.32 Å². The summed E-state index contributed by atoms with van der Waals surface area (Å²) in [5, 5.41) is 3.72. The van der Waals surface area contributed by atoms with Crippen LogP contribution in [-0.2, 0) is 19.4 Å². The lowest BCUT2D eigenvalue weighted by Gasteiger charge is -2.24. The highest BCUT2D eigenvalue weighted by molar-refractivity contribution is 5.54. The molecule has 0 radical (unpaired) electrons. The second-order valence-electron chi connectivity index (χ2n) is 5.92. The maximum atomic E-state index is 3.72. The maximum absolute atomic E-state index is 3.72. The number of hydrogen-bond donors (Lipinski definition) is 1. The third-order valence-electron chi connectivity index (χ3n) is 4.51. The van der Waals surface area contributed by atoms with Crippen LogP contribution in [0.4, 0.5) is 0 Å². The Balaban J connectivity index is 1.51. The van der Waals surface area contributed by atoms with Crippen molar-refractivity contribution in [3.8, 4) is 0 Å². The van der Waals surface area contributed by atoms with Crippen molar-refractivity contribution in [1.29, 1.82) is 0 Å². The van der Waals surface area contributed by atoms with Crippen LogP contribution in [0.5, 0.6) is 0 Å². The molecule has 0 bridgehead atoms. The quantitative estimate of drug-likeness (QED) is 0.773. The number of fused-ring (bicyclic) bond motifs is 3. The Bertz CT molecular complexity index is 743. The highest BCUT2D eigenvalue weighted by Crippen LogP contribution is 2.25. The molecular formula is C19H20N2. The van der Waals surface area contributed by atoms with Crippen LogP contribution in [-0.4, -0.2) is 10.4 Å². The van der Waals surface area contributed by atoms with Crippen molar-refractivity contribution in [2.75, 3.05) is 0 Å². The Labute approximate surface area is 125 Å². The standard InChI is InChI=1S/C19H20N2/c1-2-6-15(7-3-1)14-20-17-10-9-16-12-18-8-4-5-11-21(18)19(16)13-17/h1-8,11-12,17,20H,9-10,13-14H2. The average Bonchev–Trinajstić information content (AvgIpc) is 2.92. The van der Waals surface area contributed by atoms with Crippen molar-refractivity contribution in [1.82, 2.24) is 9.72 Å². The van der Waals surface area contributed by atoms with E-state index in [1.165, 1.54) is 35.2 Å². The van der Waals surface area contributed by atoms with Gasteiger partial charge in [0.2, 0.25) is 0 Å². The Hall–Kier alpha value is -2.06. The lowest BCUT2D eigenvalue weighted by Crippen LogP contribution is -2.34. The van der Waals surface area contributed by atoms with Gasteiger partial charge in [0.25, 0.3) is 0 Å². The van der Waals surface area contributed by atoms with Gasteiger partial charge in [0.15, 0.2) is 0 Å². The monoisotopic (exact) mass is 276 g/mol. The highest BCUT2D eigenvalue weighted by Gasteiger charge is 2.21. The molecule has 106 valence electrons. The molecular weight excluding hydrogens is 256 g/mol. The minimum Gasteiger partial charge on any atom is -0.321 e. The molecule has 0 amide bonds. The number of aryl methyl sites for hydroxylation is 1.